The van der Waals surface area contributed by atoms with Crippen LogP contribution in [-0.4, -0.2) is 37.5 Å². The minimum Gasteiger partial charge on any atom is -0.468 e. The first kappa shape index (κ1) is 19.6. The van der Waals surface area contributed by atoms with Gasteiger partial charge in [0.1, 0.15) is 6.54 Å². The highest BCUT2D eigenvalue weighted by molar-refractivity contribution is 5.94. The molecule has 0 fully saturated rings. The van der Waals surface area contributed by atoms with Crippen LogP contribution in [0.3, 0.4) is 0 Å². The molecule has 0 spiro atoms. The standard InChI is InChI=1S/C17H25N3O4/c1-4-11(2)16(18)17(23)20-13-7-5-12(6-8-13)9-14(21)19-10-15(22)24-3/h5-8,11,16H,4,9-10,18H2,1-3H3,(H,19,21)(H,20,23). The lowest BCUT2D eigenvalue weighted by atomic mass is 9.99. The summed E-state index contributed by atoms with van der Waals surface area (Å²) in [6, 6.07) is 6.34. The first-order valence-electron chi connectivity index (χ1n) is 7.86. The summed E-state index contributed by atoms with van der Waals surface area (Å²) in [5, 5.41) is 5.22. The van der Waals surface area contributed by atoms with Gasteiger partial charge in [-0.15, -0.1) is 0 Å². The van der Waals surface area contributed by atoms with Crippen molar-refractivity contribution >= 4 is 23.5 Å². The van der Waals surface area contributed by atoms with Gasteiger partial charge in [-0.2, -0.15) is 0 Å². The highest BCUT2D eigenvalue weighted by Gasteiger charge is 2.19. The van der Waals surface area contributed by atoms with Crippen LogP contribution in [0.25, 0.3) is 0 Å². The summed E-state index contributed by atoms with van der Waals surface area (Å²) in [4.78, 5) is 34.6. The van der Waals surface area contributed by atoms with Gasteiger partial charge in [-0.25, -0.2) is 0 Å². The van der Waals surface area contributed by atoms with Crippen LogP contribution in [-0.2, 0) is 25.5 Å². The van der Waals surface area contributed by atoms with Gasteiger partial charge < -0.3 is 21.1 Å². The highest BCUT2D eigenvalue weighted by Crippen LogP contribution is 2.12. The Morgan fingerprint density at radius 2 is 1.83 bits per heavy atom. The maximum Gasteiger partial charge on any atom is 0.325 e. The summed E-state index contributed by atoms with van der Waals surface area (Å²) in [6.07, 6.45) is 0.964. The van der Waals surface area contributed by atoms with Crippen LogP contribution >= 0.6 is 0 Å². The molecule has 0 saturated heterocycles. The molecule has 0 bridgehead atoms. The fourth-order valence-corrected chi connectivity index (χ4v) is 1.93. The van der Waals surface area contributed by atoms with Crippen LogP contribution in [0.5, 0.6) is 0 Å². The van der Waals surface area contributed by atoms with E-state index in [4.69, 9.17) is 5.73 Å². The fourth-order valence-electron chi connectivity index (χ4n) is 1.93. The molecule has 24 heavy (non-hydrogen) atoms. The van der Waals surface area contributed by atoms with Gasteiger partial charge in [0.25, 0.3) is 0 Å². The van der Waals surface area contributed by atoms with Gasteiger partial charge in [0, 0.05) is 5.69 Å². The number of esters is 1. The van der Waals surface area contributed by atoms with E-state index in [1.165, 1.54) is 7.11 Å². The van der Waals surface area contributed by atoms with Gasteiger partial charge in [0.2, 0.25) is 11.8 Å². The van der Waals surface area contributed by atoms with Crippen LogP contribution in [0.15, 0.2) is 24.3 Å². The molecule has 2 unspecified atom stereocenters. The van der Waals surface area contributed by atoms with E-state index in [0.29, 0.717) is 5.69 Å². The molecule has 0 aliphatic heterocycles. The quantitative estimate of drug-likeness (QED) is 0.610. The number of amides is 2. The molecule has 2 atom stereocenters. The van der Waals surface area contributed by atoms with Crippen molar-refractivity contribution in [2.45, 2.75) is 32.7 Å². The van der Waals surface area contributed by atoms with Crippen molar-refractivity contribution in [3.63, 3.8) is 0 Å². The van der Waals surface area contributed by atoms with Crippen LogP contribution in [0.2, 0.25) is 0 Å². The van der Waals surface area contributed by atoms with Crippen molar-refractivity contribution in [1.29, 1.82) is 0 Å². The number of nitrogens with two attached hydrogens (primary N) is 1. The Morgan fingerprint density at radius 3 is 2.38 bits per heavy atom. The molecular formula is C17H25N3O4. The second kappa shape index (κ2) is 9.67. The number of nitrogens with one attached hydrogen (secondary N) is 2. The number of carbonyl (C=O) groups is 3. The van der Waals surface area contributed by atoms with Crippen LogP contribution in [0.1, 0.15) is 25.8 Å². The largest absolute Gasteiger partial charge is 0.468 e. The summed E-state index contributed by atoms with van der Waals surface area (Å²) >= 11 is 0. The predicted octanol–water partition coefficient (Wildman–Crippen LogP) is 0.830. The molecule has 2 amide bonds. The normalized spacial score (nSPS) is 12.8. The number of benzene rings is 1. The topological polar surface area (TPSA) is 111 Å². The van der Waals surface area contributed by atoms with E-state index in [1.54, 1.807) is 24.3 Å². The van der Waals surface area contributed by atoms with Crippen molar-refractivity contribution in [3.8, 4) is 0 Å². The second-order valence-electron chi connectivity index (χ2n) is 5.63. The Hall–Kier alpha value is -2.41. The van der Waals surface area contributed by atoms with Crippen molar-refractivity contribution in [2.24, 2.45) is 11.7 Å². The summed E-state index contributed by atoms with van der Waals surface area (Å²) in [7, 11) is 1.26. The molecule has 7 heteroatoms. The number of hydrogen-bond donors (Lipinski definition) is 3. The van der Waals surface area contributed by atoms with E-state index in [9.17, 15) is 14.4 Å². The van der Waals surface area contributed by atoms with Crippen molar-refractivity contribution in [1.82, 2.24) is 5.32 Å². The number of methoxy groups -OCH3 is 1. The van der Waals surface area contributed by atoms with Gasteiger partial charge in [-0.3, -0.25) is 14.4 Å². The maximum absolute atomic E-state index is 12.0. The lowest BCUT2D eigenvalue weighted by molar-refractivity contribution is -0.141. The molecule has 0 heterocycles. The van der Waals surface area contributed by atoms with Crippen LogP contribution in [0, 0.1) is 5.92 Å². The Morgan fingerprint density at radius 1 is 1.21 bits per heavy atom. The molecule has 0 saturated carbocycles. The van der Waals surface area contributed by atoms with Crippen LogP contribution < -0.4 is 16.4 Å². The molecule has 1 aromatic rings. The molecule has 0 aliphatic carbocycles. The van der Waals surface area contributed by atoms with Crippen molar-refractivity contribution in [2.75, 3.05) is 19.0 Å². The zero-order valence-electron chi connectivity index (χ0n) is 14.3. The number of rotatable bonds is 8. The summed E-state index contributed by atoms with van der Waals surface area (Å²) in [6.45, 7) is 3.76. The minimum absolute atomic E-state index is 0.0998. The van der Waals surface area contributed by atoms with E-state index in [2.05, 4.69) is 15.4 Å². The summed E-state index contributed by atoms with van der Waals surface area (Å²) in [5.74, 6) is -0.911. The second-order valence-corrected chi connectivity index (χ2v) is 5.63. The highest BCUT2D eigenvalue weighted by atomic mass is 16.5. The van der Waals surface area contributed by atoms with E-state index >= 15 is 0 Å². The number of carbonyl (C=O) groups excluding carboxylic acids is 3. The van der Waals surface area contributed by atoms with E-state index in [1.807, 2.05) is 13.8 Å². The first-order valence-corrected chi connectivity index (χ1v) is 7.86. The Labute approximate surface area is 141 Å². The maximum atomic E-state index is 12.0. The number of hydrogen-bond acceptors (Lipinski definition) is 5. The molecular weight excluding hydrogens is 310 g/mol. The lowest BCUT2D eigenvalue weighted by Crippen LogP contribution is -2.40. The van der Waals surface area contributed by atoms with Gasteiger partial charge >= 0.3 is 5.97 Å². The average molecular weight is 335 g/mol. The molecule has 0 aromatic heterocycles. The molecule has 0 radical (unpaired) electrons. The Balaban J connectivity index is 2.52. The van der Waals surface area contributed by atoms with E-state index in [0.717, 1.165) is 12.0 Å². The smallest absolute Gasteiger partial charge is 0.325 e. The van der Waals surface area contributed by atoms with Gasteiger partial charge in [-0.1, -0.05) is 32.4 Å². The van der Waals surface area contributed by atoms with Gasteiger partial charge in [0.15, 0.2) is 0 Å². The van der Waals surface area contributed by atoms with Crippen molar-refractivity contribution < 1.29 is 19.1 Å². The van der Waals surface area contributed by atoms with Crippen molar-refractivity contribution in [3.05, 3.63) is 29.8 Å². The predicted molar refractivity (Wildman–Crippen MR) is 91.2 cm³/mol. The zero-order valence-corrected chi connectivity index (χ0v) is 14.3. The number of ether oxygens (including phenoxy) is 1. The van der Waals surface area contributed by atoms with E-state index < -0.39 is 12.0 Å². The minimum atomic E-state index is -0.557. The van der Waals surface area contributed by atoms with Gasteiger partial charge in [-0.05, 0) is 23.6 Å². The zero-order chi connectivity index (χ0) is 18.1. The number of anilines is 1. The third-order valence-corrected chi connectivity index (χ3v) is 3.80. The molecule has 4 N–H and O–H groups in total. The molecule has 0 aliphatic rings. The van der Waals surface area contributed by atoms with E-state index in [-0.39, 0.29) is 30.7 Å². The Bertz CT molecular complexity index is 572. The third-order valence-electron chi connectivity index (χ3n) is 3.80. The SMILES string of the molecule is CCC(C)C(N)C(=O)Nc1ccc(CC(=O)NCC(=O)OC)cc1. The van der Waals surface area contributed by atoms with Crippen LogP contribution in [0.4, 0.5) is 5.69 Å². The monoisotopic (exact) mass is 335 g/mol. The first-order chi connectivity index (χ1) is 11.4. The molecule has 7 nitrogen and oxygen atoms in total. The van der Waals surface area contributed by atoms with Gasteiger partial charge in [0.05, 0.1) is 19.6 Å². The Kier molecular flexibility index (Phi) is 7.91. The molecule has 1 rings (SSSR count). The third kappa shape index (κ3) is 6.37. The summed E-state index contributed by atoms with van der Waals surface area (Å²) < 4.78 is 4.44. The fraction of sp³-hybridized carbons (Fsp3) is 0.471. The summed E-state index contributed by atoms with van der Waals surface area (Å²) in [5.41, 5.74) is 7.27. The molecule has 1 aromatic carbocycles. The lowest BCUT2D eigenvalue weighted by Gasteiger charge is -2.17. The molecule has 132 valence electrons. The average Bonchev–Trinajstić information content (AvgIpc) is 2.59.